The Balaban J connectivity index is 1.59. The van der Waals surface area contributed by atoms with Crippen molar-refractivity contribution >= 4 is 40.2 Å². The molecule has 0 aliphatic heterocycles. The van der Waals surface area contributed by atoms with Crippen LogP contribution in [0.25, 0.3) is 22.6 Å². The Morgan fingerprint density at radius 3 is 2.74 bits per heavy atom. The van der Waals surface area contributed by atoms with E-state index in [9.17, 15) is 14.9 Å². The highest BCUT2D eigenvalue weighted by Crippen LogP contribution is 2.28. The van der Waals surface area contributed by atoms with E-state index in [0.717, 1.165) is 6.07 Å². The van der Waals surface area contributed by atoms with Gasteiger partial charge in [0.25, 0.3) is 5.91 Å². The molecule has 1 amide bonds. The predicted octanol–water partition coefficient (Wildman–Crippen LogP) is 4.90. The van der Waals surface area contributed by atoms with Crippen LogP contribution in [0.3, 0.4) is 0 Å². The number of aromatic nitrogens is 1. The number of hydrogen-bond donors (Lipinski definition) is 1. The van der Waals surface area contributed by atoms with Gasteiger partial charge in [0.15, 0.2) is 11.3 Å². The number of carbonyl (C=O) groups is 1. The van der Waals surface area contributed by atoms with E-state index >= 15 is 0 Å². The van der Waals surface area contributed by atoms with E-state index in [2.05, 4.69) is 10.3 Å². The Morgan fingerprint density at radius 1 is 1.11 bits per heavy atom. The van der Waals surface area contributed by atoms with E-state index in [0.29, 0.717) is 33.3 Å². The molecule has 1 N–H and O–H groups in total. The van der Waals surface area contributed by atoms with Crippen LogP contribution in [0.15, 0.2) is 63.4 Å². The summed E-state index contributed by atoms with van der Waals surface area (Å²) in [4.78, 5) is 26.5. The third-order valence-electron chi connectivity index (χ3n) is 3.71. The largest absolute Gasteiger partial charge is 0.436 e. The molecule has 0 saturated heterocycles. The lowest BCUT2D eigenvalue weighted by Gasteiger charge is -2.04. The molecule has 0 radical (unpaired) electrons. The van der Waals surface area contributed by atoms with Crippen LogP contribution in [0.1, 0.15) is 10.6 Å². The maximum Gasteiger partial charge on any atom is 0.433 e. The van der Waals surface area contributed by atoms with E-state index in [1.807, 2.05) is 0 Å². The SMILES string of the molecule is O=C(Nc1cccc(-c2nc3cc(Cl)ccc3o2)c1)c1ccc([N+](=O)[O-])o1. The van der Waals surface area contributed by atoms with Crippen molar-refractivity contribution in [3.8, 4) is 11.5 Å². The summed E-state index contributed by atoms with van der Waals surface area (Å²) in [5, 5.41) is 13.8. The molecule has 2 aromatic heterocycles. The summed E-state index contributed by atoms with van der Waals surface area (Å²) in [7, 11) is 0. The molecule has 0 aliphatic carbocycles. The Bertz CT molecular complexity index is 1180. The predicted molar refractivity (Wildman–Crippen MR) is 97.8 cm³/mol. The number of furan rings is 1. The lowest BCUT2D eigenvalue weighted by atomic mass is 10.2. The number of rotatable bonds is 4. The van der Waals surface area contributed by atoms with Crippen molar-refractivity contribution in [1.82, 2.24) is 4.98 Å². The zero-order valence-electron chi connectivity index (χ0n) is 13.5. The maximum absolute atomic E-state index is 12.2. The molecule has 0 unspecified atom stereocenters. The minimum absolute atomic E-state index is 0.163. The lowest BCUT2D eigenvalue weighted by molar-refractivity contribution is -0.402. The topological polar surface area (TPSA) is 111 Å². The fourth-order valence-corrected chi connectivity index (χ4v) is 2.66. The number of carbonyl (C=O) groups excluding carboxylic acids is 1. The zero-order chi connectivity index (χ0) is 19.0. The van der Waals surface area contributed by atoms with Crippen molar-refractivity contribution in [3.63, 3.8) is 0 Å². The molecule has 0 aliphatic rings. The van der Waals surface area contributed by atoms with Crippen molar-refractivity contribution in [2.24, 2.45) is 0 Å². The standard InChI is InChI=1S/C18H10ClN3O5/c19-11-4-5-14-13(9-11)21-18(27-14)10-2-1-3-12(8-10)20-17(23)15-6-7-16(26-15)22(24)25/h1-9H,(H,20,23). The Kier molecular flexibility index (Phi) is 4.09. The van der Waals surface area contributed by atoms with Crippen LogP contribution in [-0.4, -0.2) is 15.8 Å². The molecule has 0 bridgehead atoms. The molecule has 2 aromatic carbocycles. The van der Waals surface area contributed by atoms with Crippen LogP contribution >= 0.6 is 11.6 Å². The van der Waals surface area contributed by atoms with Gasteiger partial charge < -0.3 is 14.2 Å². The maximum atomic E-state index is 12.2. The monoisotopic (exact) mass is 383 g/mol. The third-order valence-corrected chi connectivity index (χ3v) is 3.95. The average Bonchev–Trinajstić information content (AvgIpc) is 3.29. The number of amides is 1. The highest BCUT2D eigenvalue weighted by atomic mass is 35.5. The highest BCUT2D eigenvalue weighted by Gasteiger charge is 2.18. The van der Waals surface area contributed by atoms with Crippen LogP contribution in [0, 0.1) is 10.1 Å². The Hall–Kier alpha value is -3.65. The number of benzene rings is 2. The summed E-state index contributed by atoms with van der Waals surface area (Å²) in [5.74, 6) is -0.899. The molecule has 2 heterocycles. The van der Waals surface area contributed by atoms with Crippen LogP contribution in [-0.2, 0) is 0 Å². The van der Waals surface area contributed by atoms with Crippen LogP contribution in [0.5, 0.6) is 0 Å². The van der Waals surface area contributed by atoms with E-state index in [-0.39, 0.29) is 5.76 Å². The normalized spacial score (nSPS) is 10.9. The van der Waals surface area contributed by atoms with Gasteiger partial charge in [-0.1, -0.05) is 17.7 Å². The molecule has 27 heavy (non-hydrogen) atoms. The fourth-order valence-electron chi connectivity index (χ4n) is 2.49. The second-order valence-electron chi connectivity index (χ2n) is 5.56. The first kappa shape index (κ1) is 16.8. The van der Waals surface area contributed by atoms with E-state index in [4.69, 9.17) is 20.4 Å². The number of fused-ring (bicyclic) bond motifs is 1. The first-order valence-corrected chi connectivity index (χ1v) is 8.09. The van der Waals surface area contributed by atoms with Gasteiger partial charge in [-0.3, -0.25) is 14.9 Å². The highest BCUT2D eigenvalue weighted by molar-refractivity contribution is 6.31. The first-order chi connectivity index (χ1) is 13.0. The van der Waals surface area contributed by atoms with Gasteiger partial charge in [0.1, 0.15) is 10.4 Å². The molecule has 8 nitrogen and oxygen atoms in total. The molecule has 134 valence electrons. The second-order valence-corrected chi connectivity index (χ2v) is 6.00. The number of nitro groups is 1. The quantitative estimate of drug-likeness (QED) is 0.396. The molecular formula is C18H10ClN3O5. The summed E-state index contributed by atoms with van der Waals surface area (Å²) in [6.45, 7) is 0. The number of hydrogen-bond acceptors (Lipinski definition) is 6. The zero-order valence-corrected chi connectivity index (χ0v) is 14.3. The number of oxazole rings is 1. The van der Waals surface area contributed by atoms with Crippen molar-refractivity contribution in [3.05, 3.63) is 75.5 Å². The van der Waals surface area contributed by atoms with Crippen LogP contribution in [0.4, 0.5) is 11.6 Å². The molecular weight excluding hydrogens is 374 g/mol. The number of nitrogens with zero attached hydrogens (tertiary/aromatic N) is 2. The van der Waals surface area contributed by atoms with Gasteiger partial charge in [0.2, 0.25) is 5.89 Å². The summed E-state index contributed by atoms with van der Waals surface area (Å²) in [6.07, 6.45) is 0. The third kappa shape index (κ3) is 3.38. The van der Waals surface area contributed by atoms with Crippen molar-refractivity contribution in [2.75, 3.05) is 5.32 Å². The van der Waals surface area contributed by atoms with Gasteiger partial charge in [-0.2, -0.15) is 0 Å². The van der Waals surface area contributed by atoms with Gasteiger partial charge in [0, 0.05) is 16.3 Å². The Morgan fingerprint density at radius 2 is 1.96 bits per heavy atom. The smallest absolute Gasteiger partial charge is 0.433 e. The molecule has 4 rings (SSSR count). The van der Waals surface area contributed by atoms with E-state index in [1.165, 1.54) is 6.07 Å². The molecule has 0 saturated carbocycles. The molecule has 0 spiro atoms. The molecule has 0 fully saturated rings. The van der Waals surface area contributed by atoms with E-state index < -0.39 is 16.7 Å². The number of halogens is 1. The summed E-state index contributed by atoms with van der Waals surface area (Å²) < 4.78 is 10.6. The molecule has 9 heteroatoms. The van der Waals surface area contributed by atoms with Gasteiger partial charge >= 0.3 is 5.88 Å². The van der Waals surface area contributed by atoms with E-state index in [1.54, 1.807) is 42.5 Å². The Labute approximate surface area is 156 Å². The fraction of sp³-hybridized carbons (Fsp3) is 0. The van der Waals surface area contributed by atoms with Crippen LogP contribution < -0.4 is 5.32 Å². The minimum atomic E-state index is -0.711. The minimum Gasteiger partial charge on any atom is -0.436 e. The average molecular weight is 384 g/mol. The van der Waals surface area contributed by atoms with Gasteiger partial charge in [-0.05, 0) is 42.5 Å². The first-order valence-electron chi connectivity index (χ1n) is 7.72. The van der Waals surface area contributed by atoms with Gasteiger partial charge in [-0.25, -0.2) is 4.98 Å². The number of nitrogens with one attached hydrogen (secondary N) is 1. The summed E-state index contributed by atoms with van der Waals surface area (Å²) in [6, 6.07) is 14.3. The van der Waals surface area contributed by atoms with Gasteiger partial charge in [-0.15, -0.1) is 0 Å². The number of anilines is 1. The summed E-state index contributed by atoms with van der Waals surface area (Å²) >= 11 is 5.96. The molecule has 0 atom stereocenters. The van der Waals surface area contributed by atoms with Crippen molar-refractivity contribution in [1.29, 1.82) is 0 Å². The molecule has 4 aromatic rings. The van der Waals surface area contributed by atoms with Crippen molar-refractivity contribution < 1.29 is 18.6 Å². The summed E-state index contributed by atoms with van der Waals surface area (Å²) in [5.41, 5.74) is 2.31. The van der Waals surface area contributed by atoms with Crippen LogP contribution in [0.2, 0.25) is 5.02 Å². The second kappa shape index (κ2) is 6.58. The van der Waals surface area contributed by atoms with Crippen molar-refractivity contribution in [2.45, 2.75) is 0 Å². The van der Waals surface area contributed by atoms with Gasteiger partial charge in [0.05, 0.1) is 6.07 Å². The lowest BCUT2D eigenvalue weighted by Crippen LogP contribution is -2.10.